The number of hydrogen-bond donors (Lipinski definition) is 1. The predicted molar refractivity (Wildman–Crippen MR) is 90.7 cm³/mol. The second-order valence-corrected chi connectivity index (χ2v) is 6.14. The van der Waals surface area contributed by atoms with Gasteiger partial charge in [0.15, 0.2) is 11.5 Å². The van der Waals surface area contributed by atoms with Gasteiger partial charge in [0.2, 0.25) is 5.75 Å². The van der Waals surface area contributed by atoms with Crippen molar-refractivity contribution in [3.63, 3.8) is 0 Å². The maximum absolute atomic E-state index is 12.1. The number of hydrogen-bond acceptors (Lipinski definition) is 8. The Labute approximate surface area is 147 Å². The van der Waals surface area contributed by atoms with E-state index in [9.17, 15) is 9.90 Å². The SMILES string of the molecule is COc1cc([C@@H]2CC(=O)Oc3ccc4nsnc4c32)cc(OC)c1O. The molecule has 2 aromatic carbocycles. The molecule has 128 valence electrons. The number of rotatable bonds is 3. The van der Waals surface area contributed by atoms with Crippen LogP contribution in [-0.4, -0.2) is 34.0 Å². The lowest BCUT2D eigenvalue weighted by atomic mass is 9.85. The number of esters is 1. The number of methoxy groups -OCH3 is 2. The largest absolute Gasteiger partial charge is 0.502 e. The summed E-state index contributed by atoms with van der Waals surface area (Å²) in [5.41, 5.74) is 3.04. The Morgan fingerprint density at radius 1 is 1.20 bits per heavy atom. The van der Waals surface area contributed by atoms with Crippen molar-refractivity contribution in [1.82, 2.24) is 8.75 Å². The van der Waals surface area contributed by atoms with Crippen LogP contribution in [0.1, 0.15) is 23.5 Å². The number of carbonyl (C=O) groups is 1. The third-order valence-electron chi connectivity index (χ3n) is 4.27. The minimum Gasteiger partial charge on any atom is -0.502 e. The summed E-state index contributed by atoms with van der Waals surface area (Å²) in [5, 5.41) is 10.1. The van der Waals surface area contributed by atoms with Crippen LogP contribution in [0.25, 0.3) is 11.0 Å². The maximum Gasteiger partial charge on any atom is 0.312 e. The molecule has 0 saturated carbocycles. The van der Waals surface area contributed by atoms with E-state index in [2.05, 4.69) is 8.75 Å². The highest BCUT2D eigenvalue weighted by Gasteiger charge is 2.32. The predicted octanol–water partition coefficient (Wildman–Crippen LogP) is 2.86. The molecule has 1 aromatic heterocycles. The van der Waals surface area contributed by atoms with E-state index in [1.165, 1.54) is 14.2 Å². The van der Waals surface area contributed by atoms with E-state index in [-0.39, 0.29) is 35.6 Å². The molecular formula is C17H14N2O5S. The first-order valence-corrected chi connectivity index (χ1v) is 8.26. The Hall–Kier alpha value is -2.87. The molecule has 1 N–H and O–H groups in total. The van der Waals surface area contributed by atoms with E-state index in [0.717, 1.165) is 28.4 Å². The van der Waals surface area contributed by atoms with E-state index in [4.69, 9.17) is 14.2 Å². The molecule has 1 atom stereocenters. The van der Waals surface area contributed by atoms with E-state index >= 15 is 0 Å². The first-order valence-electron chi connectivity index (χ1n) is 7.53. The van der Waals surface area contributed by atoms with Crippen molar-refractivity contribution in [2.75, 3.05) is 14.2 Å². The smallest absolute Gasteiger partial charge is 0.312 e. The third-order valence-corrected chi connectivity index (χ3v) is 4.82. The summed E-state index contributed by atoms with van der Waals surface area (Å²) >= 11 is 1.11. The molecule has 3 aromatic rings. The number of phenols is 1. The van der Waals surface area contributed by atoms with Gasteiger partial charge in [-0.05, 0) is 29.8 Å². The molecule has 4 rings (SSSR count). The fourth-order valence-electron chi connectivity index (χ4n) is 3.11. The van der Waals surface area contributed by atoms with Crippen molar-refractivity contribution >= 4 is 28.7 Å². The Bertz CT molecular complexity index is 959. The van der Waals surface area contributed by atoms with Crippen LogP contribution in [0.15, 0.2) is 24.3 Å². The zero-order valence-corrected chi connectivity index (χ0v) is 14.3. The van der Waals surface area contributed by atoms with Crippen molar-refractivity contribution in [2.45, 2.75) is 12.3 Å². The van der Waals surface area contributed by atoms with Gasteiger partial charge in [-0.1, -0.05) is 0 Å². The highest BCUT2D eigenvalue weighted by Crippen LogP contribution is 2.46. The molecule has 1 aliphatic heterocycles. The van der Waals surface area contributed by atoms with Gasteiger partial charge < -0.3 is 19.3 Å². The number of carbonyl (C=O) groups excluding carboxylic acids is 1. The van der Waals surface area contributed by atoms with Crippen LogP contribution in [0.3, 0.4) is 0 Å². The molecular weight excluding hydrogens is 344 g/mol. The summed E-state index contributed by atoms with van der Waals surface area (Å²) in [5.74, 6) is 0.323. The van der Waals surface area contributed by atoms with E-state index in [1.54, 1.807) is 24.3 Å². The lowest BCUT2D eigenvalue weighted by molar-refractivity contribution is -0.135. The minimum absolute atomic E-state index is 0.0825. The lowest BCUT2D eigenvalue weighted by Crippen LogP contribution is -2.21. The van der Waals surface area contributed by atoms with E-state index < -0.39 is 0 Å². The van der Waals surface area contributed by atoms with Crippen molar-refractivity contribution in [1.29, 1.82) is 0 Å². The van der Waals surface area contributed by atoms with Gasteiger partial charge in [-0.25, -0.2) is 0 Å². The normalized spacial score (nSPS) is 16.4. The average Bonchev–Trinajstić information content (AvgIpc) is 3.09. The van der Waals surface area contributed by atoms with Gasteiger partial charge >= 0.3 is 5.97 Å². The number of benzene rings is 2. The molecule has 0 aliphatic carbocycles. The van der Waals surface area contributed by atoms with Crippen LogP contribution in [-0.2, 0) is 4.79 Å². The van der Waals surface area contributed by atoms with E-state index in [0.29, 0.717) is 11.3 Å². The van der Waals surface area contributed by atoms with E-state index in [1.807, 2.05) is 0 Å². The Morgan fingerprint density at radius 2 is 1.92 bits per heavy atom. The number of phenolic OH excluding ortho intramolecular Hbond substituents is 1. The molecule has 0 unspecified atom stereocenters. The molecule has 25 heavy (non-hydrogen) atoms. The van der Waals surface area contributed by atoms with Crippen LogP contribution in [0.2, 0.25) is 0 Å². The van der Waals surface area contributed by atoms with Gasteiger partial charge in [0.05, 0.1) is 32.4 Å². The number of aromatic nitrogens is 2. The van der Waals surface area contributed by atoms with Crippen molar-refractivity contribution in [3.8, 4) is 23.0 Å². The molecule has 0 amide bonds. The zero-order chi connectivity index (χ0) is 17.6. The van der Waals surface area contributed by atoms with Crippen LogP contribution >= 0.6 is 11.7 Å². The quantitative estimate of drug-likeness (QED) is 0.568. The second-order valence-electron chi connectivity index (χ2n) is 5.61. The average molecular weight is 358 g/mol. The third kappa shape index (κ3) is 2.45. The van der Waals surface area contributed by atoms with Crippen molar-refractivity contribution in [2.24, 2.45) is 0 Å². The Morgan fingerprint density at radius 3 is 2.60 bits per heavy atom. The molecule has 7 nitrogen and oxygen atoms in total. The summed E-state index contributed by atoms with van der Waals surface area (Å²) in [6.45, 7) is 0. The first-order chi connectivity index (χ1) is 12.1. The molecule has 0 saturated heterocycles. The summed E-state index contributed by atoms with van der Waals surface area (Å²) in [6, 6.07) is 6.91. The first kappa shape index (κ1) is 15.6. The molecule has 0 fully saturated rings. The number of fused-ring (bicyclic) bond motifs is 3. The zero-order valence-electron chi connectivity index (χ0n) is 13.5. The van der Waals surface area contributed by atoms with Crippen LogP contribution in [0, 0.1) is 0 Å². The maximum atomic E-state index is 12.1. The fraction of sp³-hybridized carbons (Fsp3) is 0.235. The minimum atomic E-state index is -0.328. The van der Waals surface area contributed by atoms with Crippen molar-refractivity contribution in [3.05, 3.63) is 35.4 Å². The molecule has 8 heteroatoms. The molecule has 1 aliphatic rings. The Kier molecular flexibility index (Phi) is 3.69. The summed E-state index contributed by atoms with van der Waals surface area (Å²) < 4.78 is 24.5. The summed E-state index contributed by atoms with van der Waals surface area (Å²) in [7, 11) is 2.92. The highest BCUT2D eigenvalue weighted by atomic mass is 32.1. The summed E-state index contributed by atoms with van der Waals surface area (Å²) in [4.78, 5) is 12.1. The van der Waals surface area contributed by atoms with Gasteiger partial charge in [-0.3, -0.25) is 4.79 Å². The van der Waals surface area contributed by atoms with Gasteiger partial charge in [0, 0.05) is 11.5 Å². The van der Waals surface area contributed by atoms with Gasteiger partial charge in [-0.15, -0.1) is 0 Å². The topological polar surface area (TPSA) is 90.8 Å². The lowest BCUT2D eigenvalue weighted by Gasteiger charge is -2.25. The second kappa shape index (κ2) is 5.89. The molecule has 0 spiro atoms. The van der Waals surface area contributed by atoms with Gasteiger partial charge in [0.25, 0.3) is 0 Å². The van der Waals surface area contributed by atoms with Crippen LogP contribution in [0.5, 0.6) is 23.0 Å². The molecule has 0 radical (unpaired) electrons. The van der Waals surface area contributed by atoms with Gasteiger partial charge in [-0.2, -0.15) is 8.75 Å². The standard InChI is InChI=1S/C17H14N2O5S/c1-22-12-5-8(6-13(23-2)17(12)21)9-7-14(20)24-11-4-3-10-16(15(9)11)19-25-18-10/h3-6,9,21H,7H2,1-2H3/t9-/m0/s1. The number of nitrogens with zero attached hydrogens (tertiary/aromatic N) is 2. The monoisotopic (exact) mass is 358 g/mol. The van der Waals surface area contributed by atoms with Crippen LogP contribution in [0.4, 0.5) is 0 Å². The van der Waals surface area contributed by atoms with Crippen molar-refractivity contribution < 1.29 is 24.1 Å². The highest BCUT2D eigenvalue weighted by molar-refractivity contribution is 7.00. The number of ether oxygens (including phenoxy) is 3. The number of aromatic hydroxyl groups is 1. The fourth-order valence-corrected chi connectivity index (χ4v) is 3.66. The summed E-state index contributed by atoms with van der Waals surface area (Å²) in [6.07, 6.45) is 0.153. The Balaban J connectivity index is 1.95. The molecule has 0 bridgehead atoms. The van der Waals surface area contributed by atoms with Crippen LogP contribution < -0.4 is 14.2 Å². The van der Waals surface area contributed by atoms with Gasteiger partial charge in [0.1, 0.15) is 16.8 Å². The molecule has 2 heterocycles.